The Kier molecular flexibility index (Phi) is 2.19. The zero-order valence-corrected chi connectivity index (χ0v) is 6.44. The monoisotopic (exact) mass is 165 g/mol. The van der Waals surface area contributed by atoms with Crippen molar-refractivity contribution in [2.24, 2.45) is 0 Å². The maximum Gasteiger partial charge on any atom is 0.338 e. The standard InChI is InChI=1S/C8H7NO3/c1-5-7(8(11)12)6(4-10)2-3-9-5/h2-4H,1H3,(H,11,12). The van der Waals surface area contributed by atoms with Gasteiger partial charge in [-0.15, -0.1) is 0 Å². The highest BCUT2D eigenvalue weighted by molar-refractivity contribution is 5.97. The Hall–Kier alpha value is -1.71. The van der Waals surface area contributed by atoms with Crippen molar-refractivity contribution >= 4 is 12.3 Å². The summed E-state index contributed by atoms with van der Waals surface area (Å²) in [6.45, 7) is 1.55. The van der Waals surface area contributed by atoms with Gasteiger partial charge in [0.1, 0.15) is 0 Å². The highest BCUT2D eigenvalue weighted by Gasteiger charge is 2.12. The molecule has 0 atom stereocenters. The van der Waals surface area contributed by atoms with E-state index in [1.165, 1.54) is 12.3 Å². The lowest BCUT2D eigenvalue weighted by Gasteiger charge is -2.00. The number of aryl methyl sites for hydroxylation is 1. The van der Waals surface area contributed by atoms with Crippen molar-refractivity contribution in [2.75, 3.05) is 0 Å². The van der Waals surface area contributed by atoms with Crippen molar-refractivity contribution in [1.82, 2.24) is 4.98 Å². The van der Waals surface area contributed by atoms with Crippen molar-refractivity contribution < 1.29 is 14.7 Å². The lowest BCUT2D eigenvalue weighted by atomic mass is 10.1. The van der Waals surface area contributed by atoms with E-state index in [2.05, 4.69) is 4.98 Å². The van der Waals surface area contributed by atoms with Crippen LogP contribution in [0.4, 0.5) is 0 Å². The van der Waals surface area contributed by atoms with Crippen molar-refractivity contribution in [1.29, 1.82) is 0 Å². The van der Waals surface area contributed by atoms with Crippen LogP contribution in [0.25, 0.3) is 0 Å². The fourth-order valence-electron chi connectivity index (χ4n) is 0.963. The van der Waals surface area contributed by atoms with Crippen LogP contribution in [0.15, 0.2) is 12.3 Å². The summed E-state index contributed by atoms with van der Waals surface area (Å²) >= 11 is 0. The smallest absolute Gasteiger partial charge is 0.338 e. The van der Waals surface area contributed by atoms with E-state index in [1.807, 2.05) is 0 Å². The molecule has 0 bridgehead atoms. The van der Waals surface area contributed by atoms with Gasteiger partial charge in [0.25, 0.3) is 0 Å². The Morgan fingerprint density at radius 1 is 1.67 bits per heavy atom. The van der Waals surface area contributed by atoms with E-state index in [0.717, 1.165) is 0 Å². The number of aromatic nitrogens is 1. The van der Waals surface area contributed by atoms with Gasteiger partial charge in [0.2, 0.25) is 0 Å². The predicted octanol–water partition coefficient (Wildman–Crippen LogP) is 0.901. The molecule has 12 heavy (non-hydrogen) atoms. The molecule has 4 nitrogen and oxygen atoms in total. The van der Waals surface area contributed by atoms with E-state index in [9.17, 15) is 9.59 Å². The molecule has 0 aromatic carbocycles. The lowest BCUT2D eigenvalue weighted by Crippen LogP contribution is -2.05. The quantitative estimate of drug-likeness (QED) is 0.661. The fraction of sp³-hybridized carbons (Fsp3) is 0.125. The van der Waals surface area contributed by atoms with Gasteiger partial charge in [-0.2, -0.15) is 0 Å². The summed E-state index contributed by atoms with van der Waals surface area (Å²) in [6.07, 6.45) is 1.92. The summed E-state index contributed by atoms with van der Waals surface area (Å²) < 4.78 is 0. The fourth-order valence-corrected chi connectivity index (χ4v) is 0.963. The summed E-state index contributed by atoms with van der Waals surface area (Å²) in [5.41, 5.74) is 0.495. The van der Waals surface area contributed by atoms with Gasteiger partial charge >= 0.3 is 5.97 Å². The molecule has 4 heteroatoms. The number of carboxylic acid groups (broad SMARTS) is 1. The normalized spacial score (nSPS) is 9.42. The molecule has 0 saturated heterocycles. The van der Waals surface area contributed by atoms with E-state index in [0.29, 0.717) is 12.0 Å². The van der Waals surface area contributed by atoms with Crippen LogP contribution in [0.3, 0.4) is 0 Å². The van der Waals surface area contributed by atoms with Gasteiger partial charge in [0.05, 0.1) is 11.3 Å². The maximum absolute atomic E-state index is 10.6. The Morgan fingerprint density at radius 3 is 2.75 bits per heavy atom. The molecule has 0 fully saturated rings. The first-order valence-corrected chi connectivity index (χ1v) is 3.31. The Balaban J connectivity index is 3.39. The zero-order valence-electron chi connectivity index (χ0n) is 6.44. The average molecular weight is 165 g/mol. The number of pyridine rings is 1. The number of hydrogen-bond donors (Lipinski definition) is 1. The van der Waals surface area contributed by atoms with Gasteiger partial charge in [0, 0.05) is 11.8 Å². The molecule has 0 radical (unpaired) electrons. The van der Waals surface area contributed by atoms with Gasteiger partial charge in [-0.05, 0) is 13.0 Å². The first-order valence-electron chi connectivity index (χ1n) is 3.31. The second-order valence-electron chi connectivity index (χ2n) is 2.28. The molecule has 62 valence electrons. The number of hydrogen-bond acceptors (Lipinski definition) is 3. The number of aldehydes is 1. The van der Waals surface area contributed by atoms with Gasteiger partial charge in [-0.3, -0.25) is 9.78 Å². The Morgan fingerprint density at radius 2 is 2.33 bits per heavy atom. The van der Waals surface area contributed by atoms with Gasteiger partial charge in [-0.1, -0.05) is 0 Å². The molecule has 1 N–H and O–H groups in total. The summed E-state index contributed by atoms with van der Waals surface area (Å²) in [4.78, 5) is 24.8. The number of carbonyl (C=O) groups is 2. The van der Waals surface area contributed by atoms with Crippen molar-refractivity contribution in [3.8, 4) is 0 Å². The van der Waals surface area contributed by atoms with E-state index in [4.69, 9.17) is 5.11 Å². The van der Waals surface area contributed by atoms with Crippen LogP contribution in [0, 0.1) is 6.92 Å². The first kappa shape index (κ1) is 8.39. The number of nitrogens with zero attached hydrogens (tertiary/aromatic N) is 1. The van der Waals surface area contributed by atoms with Gasteiger partial charge in [0.15, 0.2) is 6.29 Å². The third-order valence-corrected chi connectivity index (χ3v) is 1.51. The summed E-state index contributed by atoms with van der Waals surface area (Å²) in [5.74, 6) is -1.12. The molecule has 1 aromatic rings. The van der Waals surface area contributed by atoms with Crippen LogP contribution in [-0.4, -0.2) is 22.3 Å². The molecule has 1 aromatic heterocycles. The highest BCUT2D eigenvalue weighted by Crippen LogP contribution is 2.08. The predicted molar refractivity (Wildman–Crippen MR) is 41.3 cm³/mol. The van der Waals surface area contributed by atoms with Crippen molar-refractivity contribution in [2.45, 2.75) is 6.92 Å². The molecule has 0 aliphatic heterocycles. The van der Waals surface area contributed by atoms with E-state index < -0.39 is 5.97 Å². The molecule has 0 unspecified atom stereocenters. The minimum absolute atomic E-state index is 0.0208. The highest BCUT2D eigenvalue weighted by atomic mass is 16.4. The van der Waals surface area contributed by atoms with E-state index >= 15 is 0 Å². The SMILES string of the molecule is Cc1nccc(C=O)c1C(=O)O. The molecular formula is C8H7NO3. The third-order valence-electron chi connectivity index (χ3n) is 1.51. The van der Waals surface area contributed by atoms with Crippen molar-refractivity contribution in [3.05, 3.63) is 29.1 Å². The maximum atomic E-state index is 10.6. The molecule has 0 saturated carbocycles. The van der Waals surface area contributed by atoms with Crippen LogP contribution >= 0.6 is 0 Å². The molecule has 1 rings (SSSR count). The van der Waals surface area contributed by atoms with Gasteiger partial charge in [-0.25, -0.2) is 4.79 Å². The molecular weight excluding hydrogens is 158 g/mol. The molecule has 0 aliphatic rings. The number of aromatic carboxylic acids is 1. The lowest BCUT2D eigenvalue weighted by molar-refractivity contribution is 0.0692. The second kappa shape index (κ2) is 3.13. The molecule has 1 heterocycles. The summed E-state index contributed by atoms with van der Waals surface area (Å²) in [6, 6.07) is 1.38. The largest absolute Gasteiger partial charge is 0.478 e. The van der Waals surface area contributed by atoms with Crippen LogP contribution in [0.2, 0.25) is 0 Å². The number of carbonyl (C=O) groups excluding carboxylic acids is 1. The van der Waals surface area contributed by atoms with Crippen LogP contribution in [0.5, 0.6) is 0 Å². The minimum atomic E-state index is -1.12. The van der Waals surface area contributed by atoms with Gasteiger partial charge < -0.3 is 5.11 Å². The minimum Gasteiger partial charge on any atom is -0.478 e. The van der Waals surface area contributed by atoms with Crippen LogP contribution < -0.4 is 0 Å². The molecule has 0 spiro atoms. The Labute approximate surface area is 68.9 Å². The summed E-state index contributed by atoms with van der Waals surface area (Å²) in [7, 11) is 0. The third kappa shape index (κ3) is 1.32. The van der Waals surface area contributed by atoms with Crippen LogP contribution in [0.1, 0.15) is 26.4 Å². The van der Waals surface area contributed by atoms with E-state index in [-0.39, 0.29) is 11.1 Å². The second-order valence-corrected chi connectivity index (χ2v) is 2.28. The molecule has 0 amide bonds. The topological polar surface area (TPSA) is 67.3 Å². The van der Waals surface area contributed by atoms with Crippen molar-refractivity contribution in [3.63, 3.8) is 0 Å². The Bertz CT molecular complexity index is 333. The van der Waals surface area contributed by atoms with Crippen LogP contribution in [-0.2, 0) is 0 Å². The summed E-state index contributed by atoms with van der Waals surface area (Å²) in [5, 5.41) is 8.68. The molecule has 0 aliphatic carbocycles. The average Bonchev–Trinajstić information content (AvgIpc) is 2.03. The first-order chi connectivity index (χ1) is 5.66. The van der Waals surface area contributed by atoms with E-state index in [1.54, 1.807) is 6.92 Å². The number of rotatable bonds is 2. The zero-order chi connectivity index (χ0) is 9.14. The number of carboxylic acids is 1.